The zero-order chi connectivity index (χ0) is 14.9. The minimum absolute atomic E-state index is 0.0945. The van der Waals surface area contributed by atoms with Crippen LogP contribution in [0, 0.1) is 18.6 Å². The molecular formula is C13H12F2N2O2S. The normalized spacial score (nSPS) is 11.3. The molecule has 0 fully saturated rings. The molecule has 7 heteroatoms. The minimum atomic E-state index is -4.26. The Balaban J connectivity index is 2.49. The Morgan fingerprint density at radius 1 is 1.10 bits per heavy atom. The average molecular weight is 298 g/mol. The van der Waals surface area contributed by atoms with Crippen molar-refractivity contribution >= 4 is 21.4 Å². The summed E-state index contributed by atoms with van der Waals surface area (Å²) in [4.78, 5) is -0.625. The van der Waals surface area contributed by atoms with Gasteiger partial charge in [-0.2, -0.15) is 0 Å². The molecule has 0 aliphatic rings. The van der Waals surface area contributed by atoms with Gasteiger partial charge >= 0.3 is 0 Å². The van der Waals surface area contributed by atoms with Gasteiger partial charge in [0.15, 0.2) is 0 Å². The van der Waals surface area contributed by atoms with Crippen molar-refractivity contribution in [1.29, 1.82) is 0 Å². The molecular weight excluding hydrogens is 286 g/mol. The van der Waals surface area contributed by atoms with Crippen molar-refractivity contribution in [2.75, 3.05) is 10.5 Å². The Hall–Kier alpha value is -2.15. The molecule has 0 spiro atoms. The second-order valence-corrected chi connectivity index (χ2v) is 5.88. The second-order valence-electron chi connectivity index (χ2n) is 4.23. The van der Waals surface area contributed by atoms with Gasteiger partial charge in [-0.15, -0.1) is 0 Å². The van der Waals surface area contributed by atoms with E-state index in [0.717, 1.165) is 18.2 Å². The van der Waals surface area contributed by atoms with Crippen molar-refractivity contribution in [1.82, 2.24) is 0 Å². The smallest absolute Gasteiger partial charge is 0.264 e. The van der Waals surface area contributed by atoms with Crippen LogP contribution in [0.25, 0.3) is 0 Å². The first-order valence-corrected chi connectivity index (χ1v) is 7.12. The average Bonchev–Trinajstić information content (AvgIpc) is 2.37. The zero-order valence-electron chi connectivity index (χ0n) is 10.5. The third kappa shape index (κ3) is 2.72. The Morgan fingerprint density at radius 3 is 2.45 bits per heavy atom. The van der Waals surface area contributed by atoms with E-state index in [1.54, 1.807) is 0 Å². The molecule has 3 N–H and O–H groups in total. The van der Waals surface area contributed by atoms with E-state index >= 15 is 0 Å². The highest BCUT2D eigenvalue weighted by Crippen LogP contribution is 2.25. The molecule has 0 saturated carbocycles. The Bertz CT molecular complexity index is 741. The summed E-state index contributed by atoms with van der Waals surface area (Å²) in [6.45, 7) is 1.54. The quantitative estimate of drug-likeness (QED) is 0.856. The standard InChI is InChI=1S/C13H12F2N2O2S/c1-8-3-2-4-11(15)13(8)17-20(18,19)12-7-9(16)5-6-10(12)14/h2-7,17H,16H2,1H3. The molecule has 0 radical (unpaired) electrons. The molecule has 0 amide bonds. The summed E-state index contributed by atoms with van der Waals surface area (Å²) < 4.78 is 53.5. The molecule has 0 aromatic heterocycles. The highest BCUT2D eigenvalue weighted by atomic mass is 32.2. The lowest BCUT2D eigenvalue weighted by atomic mass is 10.2. The molecule has 2 aromatic carbocycles. The number of hydrogen-bond acceptors (Lipinski definition) is 3. The molecule has 0 heterocycles. The Kier molecular flexibility index (Phi) is 3.63. The van der Waals surface area contributed by atoms with Gasteiger partial charge in [0.05, 0.1) is 5.69 Å². The summed E-state index contributed by atoms with van der Waals surface area (Å²) in [7, 11) is -4.26. The number of hydrogen-bond donors (Lipinski definition) is 2. The van der Waals surface area contributed by atoms with Crippen LogP contribution in [0.4, 0.5) is 20.2 Å². The number of nitrogens with one attached hydrogen (secondary N) is 1. The SMILES string of the molecule is Cc1cccc(F)c1NS(=O)(=O)c1cc(N)ccc1F. The van der Waals surface area contributed by atoms with E-state index < -0.39 is 26.6 Å². The van der Waals surface area contributed by atoms with E-state index in [1.807, 2.05) is 4.72 Å². The number of aryl methyl sites for hydroxylation is 1. The van der Waals surface area contributed by atoms with Crippen LogP contribution in [-0.2, 0) is 10.0 Å². The number of halogens is 2. The van der Waals surface area contributed by atoms with E-state index in [1.165, 1.54) is 25.1 Å². The first-order valence-electron chi connectivity index (χ1n) is 5.64. The fourth-order valence-corrected chi connectivity index (χ4v) is 2.93. The molecule has 0 aliphatic carbocycles. The summed E-state index contributed by atoms with van der Waals surface area (Å²) in [6, 6.07) is 7.26. The maximum atomic E-state index is 13.6. The van der Waals surface area contributed by atoms with Crippen LogP contribution in [-0.4, -0.2) is 8.42 Å². The van der Waals surface area contributed by atoms with Crippen LogP contribution < -0.4 is 10.5 Å². The summed E-state index contributed by atoms with van der Waals surface area (Å²) >= 11 is 0. The molecule has 0 aliphatic heterocycles. The fourth-order valence-electron chi connectivity index (χ4n) is 1.68. The lowest BCUT2D eigenvalue weighted by molar-refractivity contribution is 0.569. The van der Waals surface area contributed by atoms with Crippen molar-refractivity contribution in [3.8, 4) is 0 Å². The molecule has 0 bridgehead atoms. The van der Waals surface area contributed by atoms with Gasteiger partial charge in [0.2, 0.25) is 0 Å². The van der Waals surface area contributed by atoms with Crippen molar-refractivity contribution < 1.29 is 17.2 Å². The molecule has 4 nitrogen and oxygen atoms in total. The van der Waals surface area contributed by atoms with Crippen LogP contribution in [0.5, 0.6) is 0 Å². The first kappa shape index (κ1) is 14.3. The summed E-state index contributed by atoms with van der Waals surface area (Å²) in [5, 5.41) is 0. The van der Waals surface area contributed by atoms with Gasteiger partial charge in [-0.1, -0.05) is 12.1 Å². The molecule has 0 unspecified atom stereocenters. The molecule has 20 heavy (non-hydrogen) atoms. The van der Waals surface area contributed by atoms with Crippen LogP contribution >= 0.6 is 0 Å². The highest BCUT2D eigenvalue weighted by Gasteiger charge is 2.21. The van der Waals surface area contributed by atoms with E-state index in [0.29, 0.717) is 5.56 Å². The van der Waals surface area contributed by atoms with Crippen LogP contribution in [0.15, 0.2) is 41.3 Å². The maximum absolute atomic E-state index is 13.6. The van der Waals surface area contributed by atoms with Gasteiger partial charge in [-0.25, -0.2) is 17.2 Å². The highest BCUT2D eigenvalue weighted by molar-refractivity contribution is 7.92. The van der Waals surface area contributed by atoms with E-state index in [4.69, 9.17) is 5.73 Å². The molecule has 106 valence electrons. The van der Waals surface area contributed by atoms with Crippen LogP contribution in [0.2, 0.25) is 0 Å². The molecule has 2 rings (SSSR count). The predicted octanol–water partition coefficient (Wildman–Crippen LogP) is 2.66. The third-order valence-electron chi connectivity index (χ3n) is 2.70. The van der Waals surface area contributed by atoms with Gasteiger partial charge in [-0.3, -0.25) is 4.72 Å². The molecule has 0 saturated heterocycles. The Morgan fingerprint density at radius 2 is 1.80 bits per heavy atom. The minimum Gasteiger partial charge on any atom is -0.399 e. The maximum Gasteiger partial charge on any atom is 0.264 e. The van der Waals surface area contributed by atoms with Gasteiger partial charge in [0.1, 0.15) is 16.5 Å². The first-order chi connectivity index (χ1) is 9.31. The lowest BCUT2D eigenvalue weighted by Gasteiger charge is -2.12. The van der Waals surface area contributed by atoms with Crippen molar-refractivity contribution in [2.45, 2.75) is 11.8 Å². The monoisotopic (exact) mass is 298 g/mol. The number of nitrogen functional groups attached to an aromatic ring is 1. The van der Waals surface area contributed by atoms with Crippen LogP contribution in [0.3, 0.4) is 0 Å². The van der Waals surface area contributed by atoms with Gasteiger partial charge in [0, 0.05) is 5.69 Å². The van der Waals surface area contributed by atoms with Gasteiger partial charge in [-0.05, 0) is 36.8 Å². The van der Waals surface area contributed by atoms with Crippen molar-refractivity contribution in [2.24, 2.45) is 0 Å². The lowest BCUT2D eigenvalue weighted by Crippen LogP contribution is -2.16. The predicted molar refractivity (Wildman–Crippen MR) is 72.8 cm³/mol. The second kappa shape index (κ2) is 5.09. The molecule has 0 atom stereocenters. The largest absolute Gasteiger partial charge is 0.399 e. The number of rotatable bonds is 3. The topological polar surface area (TPSA) is 72.2 Å². The van der Waals surface area contributed by atoms with Crippen molar-refractivity contribution in [3.63, 3.8) is 0 Å². The van der Waals surface area contributed by atoms with Gasteiger partial charge in [0.25, 0.3) is 10.0 Å². The van der Waals surface area contributed by atoms with E-state index in [2.05, 4.69) is 0 Å². The van der Waals surface area contributed by atoms with E-state index in [9.17, 15) is 17.2 Å². The van der Waals surface area contributed by atoms with Gasteiger partial charge < -0.3 is 5.73 Å². The third-order valence-corrected chi connectivity index (χ3v) is 4.07. The Labute approximate surface area is 115 Å². The van der Waals surface area contributed by atoms with Crippen molar-refractivity contribution in [3.05, 3.63) is 53.6 Å². The number of sulfonamides is 1. The zero-order valence-corrected chi connectivity index (χ0v) is 11.3. The summed E-state index contributed by atoms with van der Waals surface area (Å²) in [6.07, 6.45) is 0. The molecule has 2 aromatic rings. The number of nitrogens with two attached hydrogens (primary N) is 1. The summed E-state index contributed by atoms with van der Waals surface area (Å²) in [5.41, 5.74) is 5.71. The van der Waals surface area contributed by atoms with Crippen LogP contribution in [0.1, 0.15) is 5.56 Å². The number of anilines is 2. The fraction of sp³-hybridized carbons (Fsp3) is 0.0769. The number of para-hydroxylation sites is 1. The van der Waals surface area contributed by atoms with E-state index in [-0.39, 0.29) is 11.4 Å². The number of benzene rings is 2. The summed E-state index contributed by atoms with van der Waals surface area (Å²) in [5.74, 6) is -1.70.